The van der Waals surface area contributed by atoms with E-state index in [1.54, 1.807) is 12.1 Å². The van der Waals surface area contributed by atoms with Crippen LogP contribution in [0.3, 0.4) is 0 Å². The molecule has 0 spiro atoms. The van der Waals surface area contributed by atoms with Gasteiger partial charge >= 0.3 is 0 Å². The number of halogens is 2. The van der Waals surface area contributed by atoms with Crippen molar-refractivity contribution in [1.29, 1.82) is 0 Å². The van der Waals surface area contributed by atoms with Gasteiger partial charge in [0.1, 0.15) is 5.82 Å². The van der Waals surface area contributed by atoms with Crippen LogP contribution in [0, 0.1) is 5.82 Å². The third-order valence-electron chi connectivity index (χ3n) is 2.45. The molecule has 0 bridgehead atoms. The smallest absolute Gasteiger partial charge is 0.223 e. The van der Waals surface area contributed by atoms with Crippen LogP contribution in [-0.2, 0) is 10.3 Å². The van der Waals surface area contributed by atoms with Crippen molar-refractivity contribution in [3.05, 3.63) is 34.1 Å². The van der Waals surface area contributed by atoms with E-state index in [1.165, 1.54) is 6.07 Å². The van der Waals surface area contributed by atoms with Crippen LogP contribution in [0.5, 0.6) is 0 Å². The maximum absolute atomic E-state index is 13.4. The first-order chi connectivity index (χ1) is 6.51. The second-order valence-corrected chi connectivity index (χ2v) is 4.60. The highest BCUT2D eigenvalue weighted by Crippen LogP contribution is 2.34. The van der Waals surface area contributed by atoms with E-state index in [2.05, 4.69) is 21.2 Å². The molecule has 0 saturated carbocycles. The lowest BCUT2D eigenvalue weighted by Gasteiger charge is -2.39. The van der Waals surface area contributed by atoms with Crippen molar-refractivity contribution < 1.29 is 9.18 Å². The second kappa shape index (κ2) is 3.05. The summed E-state index contributed by atoms with van der Waals surface area (Å²) in [5.41, 5.74) is -0.00299. The first-order valence-corrected chi connectivity index (χ1v) is 5.07. The molecule has 0 radical (unpaired) electrons. The minimum absolute atomic E-state index is 0.0353. The highest BCUT2D eigenvalue weighted by Gasteiger charge is 2.41. The number of hydrogen-bond acceptors (Lipinski definition) is 1. The van der Waals surface area contributed by atoms with Crippen LogP contribution in [0.4, 0.5) is 4.39 Å². The Morgan fingerprint density at radius 2 is 2.21 bits per heavy atom. The van der Waals surface area contributed by atoms with Gasteiger partial charge in [-0.3, -0.25) is 4.79 Å². The van der Waals surface area contributed by atoms with Crippen LogP contribution in [0.25, 0.3) is 0 Å². The second-order valence-electron chi connectivity index (χ2n) is 3.68. The van der Waals surface area contributed by atoms with Gasteiger partial charge in [-0.2, -0.15) is 0 Å². The Balaban J connectivity index is 2.41. The average molecular weight is 258 g/mol. The molecule has 4 heteroatoms. The van der Waals surface area contributed by atoms with Crippen LogP contribution >= 0.6 is 15.9 Å². The van der Waals surface area contributed by atoms with Crippen molar-refractivity contribution in [3.8, 4) is 0 Å². The highest BCUT2D eigenvalue weighted by atomic mass is 79.9. The van der Waals surface area contributed by atoms with Gasteiger partial charge in [-0.25, -0.2) is 4.39 Å². The van der Waals surface area contributed by atoms with E-state index >= 15 is 0 Å². The summed E-state index contributed by atoms with van der Waals surface area (Å²) in [7, 11) is 0. The first-order valence-electron chi connectivity index (χ1n) is 4.28. The van der Waals surface area contributed by atoms with Crippen molar-refractivity contribution >= 4 is 21.8 Å². The number of β-lactam (4-membered cyclic amide) rings is 1. The van der Waals surface area contributed by atoms with Gasteiger partial charge in [0.2, 0.25) is 5.91 Å². The summed E-state index contributed by atoms with van der Waals surface area (Å²) in [6.07, 6.45) is 0.348. The quantitative estimate of drug-likeness (QED) is 0.769. The molecule has 1 fully saturated rings. The molecule has 1 N–H and O–H groups in total. The molecule has 1 aliphatic rings. The maximum Gasteiger partial charge on any atom is 0.223 e. The molecule has 14 heavy (non-hydrogen) atoms. The minimum Gasteiger partial charge on any atom is -0.346 e. The molecule has 1 atom stereocenters. The van der Waals surface area contributed by atoms with Gasteiger partial charge < -0.3 is 5.32 Å². The predicted molar refractivity (Wildman–Crippen MR) is 54.2 cm³/mol. The van der Waals surface area contributed by atoms with E-state index in [1.807, 2.05) is 6.92 Å². The van der Waals surface area contributed by atoms with Crippen molar-refractivity contribution in [2.75, 3.05) is 0 Å². The largest absolute Gasteiger partial charge is 0.346 e. The van der Waals surface area contributed by atoms with Gasteiger partial charge in [0.15, 0.2) is 0 Å². The van der Waals surface area contributed by atoms with Gasteiger partial charge in [-0.15, -0.1) is 0 Å². The molecule has 2 rings (SSSR count). The van der Waals surface area contributed by atoms with Crippen molar-refractivity contribution in [3.63, 3.8) is 0 Å². The molecular weight excluding hydrogens is 249 g/mol. The molecular formula is C10H9BrFNO. The molecule has 1 aromatic rings. The van der Waals surface area contributed by atoms with E-state index in [-0.39, 0.29) is 11.7 Å². The van der Waals surface area contributed by atoms with Gasteiger partial charge in [-0.05, 0) is 25.1 Å². The third-order valence-corrected chi connectivity index (χ3v) is 2.95. The fourth-order valence-electron chi connectivity index (χ4n) is 1.69. The molecule has 1 saturated heterocycles. The topological polar surface area (TPSA) is 29.1 Å². The van der Waals surface area contributed by atoms with E-state index in [0.717, 1.165) is 4.47 Å². The van der Waals surface area contributed by atoms with E-state index in [4.69, 9.17) is 0 Å². The number of hydrogen-bond donors (Lipinski definition) is 1. The molecule has 1 unspecified atom stereocenters. The monoisotopic (exact) mass is 257 g/mol. The summed E-state index contributed by atoms with van der Waals surface area (Å²) in [4.78, 5) is 10.8. The van der Waals surface area contributed by atoms with E-state index < -0.39 is 5.54 Å². The molecule has 0 aromatic heterocycles. The summed E-state index contributed by atoms with van der Waals surface area (Å²) < 4.78 is 14.3. The first kappa shape index (κ1) is 9.65. The third kappa shape index (κ3) is 1.43. The molecule has 2 nitrogen and oxygen atoms in total. The fourth-order valence-corrected chi connectivity index (χ4v) is 2.05. The molecule has 0 aliphatic carbocycles. The number of amides is 1. The number of nitrogens with one attached hydrogen (secondary N) is 1. The summed E-state index contributed by atoms with van der Waals surface area (Å²) in [6, 6.07) is 4.74. The molecule has 1 aliphatic heterocycles. The van der Waals surface area contributed by atoms with Crippen LogP contribution in [0.2, 0.25) is 0 Å². The Morgan fingerprint density at radius 3 is 2.79 bits per heavy atom. The predicted octanol–water partition coefficient (Wildman–Crippen LogP) is 2.32. The lowest BCUT2D eigenvalue weighted by molar-refractivity contribution is -0.132. The Bertz CT molecular complexity index is 397. The van der Waals surface area contributed by atoms with Crippen LogP contribution in [0.15, 0.2) is 22.7 Å². The summed E-state index contributed by atoms with van der Waals surface area (Å²) in [5, 5.41) is 2.70. The van der Waals surface area contributed by atoms with Gasteiger partial charge in [0.25, 0.3) is 0 Å². The van der Waals surface area contributed by atoms with Crippen LogP contribution < -0.4 is 5.32 Å². The van der Waals surface area contributed by atoms with Crippen molar-refractivity contribution in [2.24, 2.45) is 0 Å². The van der Waals surface area contributed by atoms with Crippen LogP contribution in [-0.4, -0.2) is 5.91 Å². The maximum atomic E-state index is 13.4. The highest BCUT2D eigenvalue weighted by molar-refractivity contribution is 9.10. The van der Waals surface area contributed by atoms with E-state index in [0.29, 0.717) is 12.0 Å². The summed E-state index contributed by atoms with van der Waals surface area (Å²) in [5.74, 6) is -0.317. The minimum atomic E-state index is -0.537. The molecule has 1 heterocycles. The van der Waals surface area contributed by atoms with E-state index in [9.17, 15) is 9.18 Å². The van der Waals surface area contributed by atoms with Gasteiger partial charge in [0, 0.05) is 10.0 Å². The zero-order chi connectivity index (χ0) is 10.3. The number of carbonyl (C=O) groups excluding carboxylic acids is 1. The summed E-state index contributed by atoms with van der Waals surface area (Å²) >= 11 is 3.28. The Labute approximate surface area is 89.6 Å². The Hall–Kier alpha value is -0.900. The zero-order valence-corrected chi connectivity index (χ0v) is 9.19. The molecule has 1 amide bonds. The number of benzene rings is 1. The molecule has 1 aromatic carbocycles. The van der Waals surface area contributed by atoms with Crippen molar-refractivity contribution in [2.45, 2.75) is 18.9 Å². The average Bonchev–Trinajstić information content (AvgIpc) is 2.07. The summed E-state index contributed by atoms with van der Waals surface area (Å²) in [6.45, 7) is 1.82. The fraction of sp³-hybridized carbons (Fsp3) is 0.300. The van der Waals surface area contributed by atoms with Gasteiger partial charge in [0.05, 0.1) is 12.0 Å². The standard InChI is InChI=1S/C10H9BrFNO/c1-10(5-9(14)13-10)7-4-6(11)2-3-8(7)12/h2-4H,5H2,1H3,(H,13,14). The van der Waals surface area contributed by atoms with Crippen molar-refractivity contribution in [1.82, 2.24) is 5.32 Å². The lowest BCUT2D eigenvalue weighted by atomic mass is 9.82. The normalized spacial score (nSPS) is 25.5. The molecule has 74 valence electrons. The Kier molecular flexibility index (Phi) is 2.10. The van der Waals surface area contributed by atoms with Gasteiger partial charge in [-0.1, -0.05) is 15.9 Å². The SMILES string of the molecule is CC1(c2cc(Br)ccc2F)CC(=O)N1. The number of rotatable bonds is 1. The number of carbonyl (C=O) groups is 1. The lowest BCUT2D eigenvalue weighted by Crippen LogP contribution is -2.56. The van der Waals surface area contributed by atoms with Crippen LogP contribution in [0.1, 0.15) is 18.9 Å². The Morgan fingerprint density at radius 1 is 1.57 bits per heavy atom. The zero-order valence-electron chi connectivity index (χ0n) is 7.60.